The minimum absolute atomic E-state index is 0.165. The van der Waals surface area contributed by atoms with Crippen LogP contribution < -0.4 is 19.5 Å². The molecule has 0 aliphatic rings. The third-order valence-electron chi connectivity index (χ3n) is 2.91. The van der Waals surface area contributed by atoms with Crippen LogP contribution in [-0.2, 0) is 17.3 Å². The third kappa shape index (κ3) is 4.38. The van der Waals surface area contributed by atoms with Gasteiger partial charge in [0.05, 0.1) is 21.3 Å². The fraction of sp³-hybridized carbons (Fsp3) is 0.571. The molecule has 0 saturated heterocycles. The number of nitrogens with one attached hydrogen (secondary N) is 1. The van der Waals surface area contributed by atoms with E-state index in [0.29, 0.717) is 29.5 Å². The predicted octanol–water partition coefficient (Wildman–Crippen LogP) is 1.57. The van der Waals surface area contributed by atoms with Crippen LogP contribution in [0.5, 0.6) is 17.2 Å². The summed E-state index contributed by atoms with van der Waals surface area (Å²) in [5, 5.41) is 3.32. The zero-order valence-corrected chi connectivity index (χ0v) is 13.5. The highest BCUT2D eigenvalue weighted by Gasteiger charge is 2.16. The van der Waals surface area contributed by atoms with Crippen LogP contribution >= 0.6 is 0 Å². The van der Waals surface area contributed by atoms with E-state index in [9.17, 15) is 4.21 Å². The van der Waals surface area contributed by atoms with Crippen LogP contribution in [0.15, 0.2) is 12.1 Å². The van der Waals surface area contributed by atoms with Gasteiger partial charge in [-0.15, -0.1) is 0 Å². The van der Waals surface area contributed by atoms with E-state index >= 15 is 0 Å². The molecule has 0 spiro atoms. The highest BCUT2D eigenvalue weighted by Crippen LogP contribution is 2.39. The lowest BCUT2D eigenvalue weighted by Gasteiger charge is -2.18. The van der Waals surface area contributed by atoms with Crippen LogP contribution in [0.4, 0.5) is 0 Å². The van der Waals surface area contributed by atoms with Crippen molar-refractivity contribution in [1.82, 2.24) is 5.32 Å². The largest absolute Gasteiger partial charge is 0.493 e. The SMILES string of the molecule is COc1ccc(CNC(C)CS(C)=O)c(OC)c1OC. The molecule has 0 radical (unpaired) electrons. The smallest absolute Gasteiger partial charge is 0.203 e. The Hall–Kier alpha value is -1.27. The molecule has 20 heavy (non-hydrogen) atoms. The summed E-state index contributed by atoms with van der Waals surface area (Å²) in [6.45, 7) is 2.62. The van der Waals surface area contributed by atoms with Crippen molar-refractivity contribution in [2.45, 2.75) is 19.5 Å². The van der Waals surface area contributed by atoms with Crippen LogP contribution in [0.3, 0.4) is 0 Å². The molecule has 1 aromatic rings. The summed E-state index contributed by atoms with van der Waals surface area (Å²) >= 11 is 0. The monoisotopic (exact) mass is 301 g/mol. The van der Waals surface area contributed by atoms with E-state index in [0.717, 1.165) is 5.56 Å². The Bertz CT molecular complexity index is 465. The molecule has 1 aromatic carbocycles. The number of hydrogen-bond donors (Lipinski definition) is 1. The Kier molecular flexibility index (Phi) is 6.81. The number of methoxy groups -OCH3 is 3. The van der Waals surface area contributed by atoms with Crippen molar-refractivity contribution < 1.29 is 18.4 Å². The first kappa shape index (κ1) is 16.8. The molecule has 0 aliphatic heterocycles. The Morgan fingerprint density at radius 1 is 1.15 bits per heavy atom. The average molecular weight is 301 g/mol. The second-order valence-electron chi connectivity index (χ2n) is 4.52. The van der Waals surface area contributed by atoms with E-state index in [1.165, 1.54) is 0 Å². The molecule has 0 aromatic heterocycles. The summed E-state index contributed by atoms with van der Waals surface area (Å²) < 4.78 is 27.2. The van der Waals surface area contributed by atoms with Crippen molar-refractivity contribution in [3.8, 4) is 17.2 Å². The molecular weight excluding hydrogens is 278 g/mol. The van der Waals surface area contributed by atoms with Gasteiger partial charge in [-0.2, -0.15) is 0 Å². The van der Waals surface area contributed by atoms with E-state index in [-0.39, 0.29) is 6.04 Å². The van der Waals surface area contributed by atoms with E-state index in [4.69, 9.17) is 14.2 Å². The molecule has 0 saturated carbocycles. The maximum Gasteiger partial charge on any atom is 0.203 e. The van der Waals surface area contributed by atoms with Crippen molar-refractivity contribution in [2.24, 2.45) is 0 Å². The molecule has 2 unspecified atom stereocenters. The summed E-state index contributed by atoms with van der Waals surface area (Å²) in [7, 11) is 3.97. The second kappa shape index (κ2) is 8.11. The van der Waals surface area contributed by atoms with Crippen LogP contribution in [0, 0.1) is 0 Å². The van der Waals surface area contributed by atoms with Gasteiger partial charge in [0.15, 0.2) is 11.5 Å². The lowest BCUT2D eigenvalue weighted by molar-refractivity contribution is 0.321. The molecule has 0 bridgehead atoms. The zero-order chi connectivity index (χ0) is 15.1. The second-order valence-corrected chi connectivity index (χ2v) is 5.99. The quantitative estimate of drug-likeness (QED) is 0.790. The maximum absolute atomic E-state index is 11.2. The van der Waals surface area contributed by atoms with Gasteiger partial charge in [-0.25, -0.2) is 0 Å². The van der Waals surface area contributed by atoms with Gasteiger partial charge in [0.1, 0.15) is 0 Å². The Morgan fingerprint density at radius 3 is 2.30 bits per heavy atom. The molecule has 0 fully saturated rings. The standard InChI is InChI=1S/C14H23NO4S/c1-10(9-20(5)16)15-8-11-6-7-12(17-2)14(19-4)13(11)18-3/h6-7,10,15H,8-9H2,1-5H3. The van der Waals surface area contributed by atoms with Crippen LogP contribution in [0.2, 0.25) is 0 Å². The molecular formula is C14H23NO4S. The number of hydrogen-bond acceptors (Lipinski definition) is 5. The molecule has 114 valence electrons. The van der Waals surface area contributed by atoms with Crippen LogP contribution in [-0.4, -0.2) is 43.6 Å². The van der Waals surface area contributed by atoms with Crippen molar-refractivity contribution >= 4 is 10.8 Å². The first-order valence-corrected chi connectivity index (χ1v) is 8.07. The lowest BCUT2D eigenvalue weighted by Crippen LogP contribution is -2.30. The summed E-state index contributed by atoms with van der Waals surface area (Å²) in [5.41, 5.74) is 0.971. The van der Waals surface area contributed by atoms with Gasteiger partial charge in [-0.1, -0.05) is 6.07 Å². The van der Waals surface area contributed by atoms with Crippen LogP contribution in [0.1, 0.15) is 12.5 Å². The van der Waals surface area contributed by atoms with Gasteiger partial charge in [-0.3, -0.25) is 4.21 Å². The minimum atomic E-state index is -0.810. The molecule has 6 heteroatoms. The van der Waals surface area contributed by atoms with E-state index in [1.54, 1.807) is 27.6 Å². The fourth-order valence-electron chi connectivity index (χ4n) is 2.00. The molecule has 0 heterocycles. The Morgan fingerprint density at radius 2 is 1.80 bits per heavy atom. The van der Waals surface area contributed by atoms with Gasteiger partial charge in [0.2, 0.25) is 5.75 Å². The van der Waals surface area contributed by atoms with E-state index in [2.05, 4.69) is 5.32 Å². The molecule has 0 aliphatic carbocycles. The topological polar surface area (TPSA) is 56.8 Å². The number of ether oxygens (including phenoxy) is 3. The fourth-order valence-corrected chi connectivity index (χ4v) is 2.82. The highest BCUT2D eigenvalue weighted by atomic mass is 32.2. The molecule has 2 atom stereocenters. The first-order chi connectivity index (χ1) is 9.53. The summed E-state index contributed by atoms with van der Waals surface area (Å²) in [5.74, 6) is 2.50. The van der Waals surface area contributed by atoms with Crippen molar-refractivity contribution in [3.05, 3.63) is 17.7 Å². The van der Waals surface area contributed by atoms with Gasteiger partial charge >= 0.3 is 0 Å². The zero-order valence-electron chi connectivity index (χ0n) is 12.7. The first-order valence-electron chi connectivity index (χ1n) is 6.34. The summed E-state index contributed by atoms with van der Waals surface area (Å²) in [6.07, 6.45) is 1.70. The molecule has 0 amide bonds. The van der Waals surface area contributed by atoms with Crippen LogP contribution in [0.25, 0.3) is 0 Å². The van der Waals surface area contributed by atoms with Gasteiger partial charge in [-0.05, 0) is 13.0 Å². The predicted molar refractivity (Wildman–Crippen MR) is 81.3 cm³/mol. The molecule has 1 rings (SSSR count). The van der Waals surface area contributed by atoms with Gasteiger partial charge in [0.25, 0.3) is 0 Å². The van der Waals surface area contributed by atoms with Gasteiger partial charge < -0.3 is 19.5 Å². The summed E-state index contributed by atoms with van der Waals surface area (Å²) in [6, 6.07) is 3.95. The summed E-state index contributed by atoms with van der Waals surface area (Å²) in [4.78, 5) is 0. The maximum atomic E-state index is 11.2. The Balaban J connectivity index is 2.87. The number of rotatable bonds is 8. The van der Waals surface area contributed by atoms with Gasteiger partial charge in [0, 0.05) is 41.0 Å². The third-order valence-corrected chi connectivity index (χ3v) is 3.88. The van der Waals surface area contributed by atoms with Crippen molar-refractivity contribution in [3.63, 3.8) is 0 Å². The molecule has 1 N–H and O–H groups in total. The minimum Gasteiger partial charge on any atom is -0.493 e. The Labute approximate surface area is 123 Å². The number of benzene rings is 1. The lowest BCUT2D eigenvalue weighted by atomic mass is 10.1. The molecule has 5 nitrogen and oxygen atoms in total. The average Bonchev–Trinajstić information content (AvgIpc) is 2.42. The highest BCUT2D eigenvalue weighted by molar-refractivity contribution is 7.84. The van der Waals surface area contributed by atoms with E-state index < -0.39 is 10.8 Å². The van der Waals surface area contributed by atoms with Crippen molar-refractivity contribution in [1.29, 1.82) is 0 Å². The van der Waals surface area contributed by atoms with Crippen molar-refractivity contribution in [2.75, 3.05) is 33.3 Å². The normalized spacial score (nSPS) is 13.7. The van der Waals surface area contributed by atoms with E-state index in [1.807, 2.05) is 19.1 Å².